The van der Waals surface area contributed by atoms with Crippen molar-refractivity contribution in [2.75, 3.05) is 30.9 Å². The number of halogens is 1. The van der Waals surface area contributed by atoms with Gasteiger partial charge in [-0.2, -0.15) is 0 Å². The van der Waals surface area contributed by atoms with E-state index in [4.69, 9.17) is 21.1 Å². The molecule has 1 fully saturated rings. The normalized spacial score (nSPS) is 16.0. The summed E-state index contributed by atoms with van der Waals surface area (Å²) in [5.74, 6) is 0.194. The highest BCUT2D eigenvalue weighted by molar-refractivity contribution is 6.31. The lowest BCUT2D eigenvalue weighted by Crippen LogP contribution is -2.37. The van der Waals surface area contributed by atoms with Gasteiger partial charge < -0.3 is 20.1 Å². The summed E-state index contributed by atoms with van der Waals surface area (Å²) >= 11 is 6.12. The highest BCUT2D eigenvalue weighted by Crippen LogP contribution is 2.27. The molecule has 0 saturated carbocycles. The first-order valence-electron chi connectivity index (χ1n) is 9.90. The van der Waals surface area contributed by atoms with Crippen LogP contribution in [0.3, 0.4) is 0 Å². The lowest BCUT2D eigenvalue weighted by Gasteiger charge is -2.16. The minimum atomic E-state index is -0.383. The molecule has 0 aromatic heterocycles. The number of carbonyl (C=O) groups is 2. The summed E-state index contributed by atoms with van der Waals surface area (Å²) in [6, 6.07) is 11.8. The van der Waals surface area contributed by atoms with Crippen molar-refractivity contribution in [3.63, 3.8) is 0 Å². The van der Waals surface area contributed by atoms with Crippen molar-refractivity contribution in [2.24, 2.45) is 4.99 Å². The van der Waals surface area contributed by atoms with Crippen molar-refractivity contribution in [1.29, 1.82) is 0 Å². The zero-order chi connectivity index (χ0) is 22.2. The fraction of sp³-hybridized carbons (Fsp3) is 0.318. The Balaban J connectivity index is 1.81. The summed E-state index contributed by atoms with van der Waals surface area (Å²) in [5.41, 5.74) is 1.46. The summed E-state index contributed by atoms with van der Waals surface area (Å²) in [6.07, 6.45) is 1.93. The number of aliphatic imine (C=N–C) groups is 1. The van der Waals surface area contributed by atoms with Crippen molar-refractivity contribution in [1.82, 2.24) is 5.32 Å². The number of hydrogen-bond acceptors (Lipinski definition) is 5. The summed E-state index contributed by atoms with van der Waals surface area (Å²) in [6.45, 7) is 2.52. The molecular formula is C22H25ClN4O4. The van der Waals surface area contributed by atoms with Gasteiger partial charge in [0.15, 0.2) is 0 Å². The molecule has 8 nitrogen and oxygen atoms in total. The van der Waals surface area contributed by atoms with E-state index < -0.39 is 0 Å². The fourth-order valence-electron chi connectivity index (χ4n) is 3.12. The lowest BCUT2D eigenvalue weighted by atomic mass is 10.2. The number of nitrogens with one attached hydrogen (secondary N) is 3. The second kappa shape index (κ2) is 10.8. The van der Waals surface area contributed by atoms with Crippen LogP contribution in [0.2, 0.25) is 5.02 Å². The molecule has 1 aliphatic heterocycles. The van der Waals surface area contributed by atoms with Gasteiger partial charge in [0.05, 0.1) is 25.4 Å². The predicted octanol–water partition coefficient (Wildman–Crippen LogP) is 3.68. The largest absolute Gasteiger partial charge is 0.495 e. The Morgan fingerprint density at radius 1 is 1.23 bits per heavy atom. The molecule has 9 heteroatoms. The van der Waals surface area contributed by atoms with Crippen LogP contribution in [0.1, 0.15) is 30.1 Å². The van der Waals surface area contributed by atoms with E-state index >= 15 is 0 Å². The maximum atomic E-state index is 12.9. The lowest BCUT2D eigenvalue weighted by molar-refractivity contribution is -0.114. The summed E-state index contributed by atoms with van der Waals surface area (Å²) in [5, 5.41) is 9.06. The number of hydrogen-bond donors (Lipinski definition) is 3. The first-order chi connectivity index (χ1) is 14.9. The maximum Gasteiger partial charge on any atom is 0.258 e. The third-order valence-corrected chi connectivity index (χ3v) is 4.80. The number of carbonyl (C=O) groups excluding carboxylic acids is 2. The van der Waals surface area contributed by atoms with Crippen LogP contribution in [0.25, 0.3) is 0 Å². The molecule has 1 saturated heterocycles. The van der Waals surface area contributed by atoms with E-state index in [9.17, 15) is 9.59 Å². The average Bonchev–Trinajstić information content (AvgIpc) is 3.25. The van der Waals surface area contributed by atoms with Crippen molar-refractivity contribution < 1.29 is 19.1 Å². The molecule has 2 aromatic rings. The topological polar surface area (TPSA) is 101 Å². The quantitative estimate of drug-likeness (QED) is 0.466. The van der Waals surface area contributed by atoms with Crippen LogP contribution in [0.5, 0.6) is 5.75 Å². The molecule has 1 atom stereocenters. The molecule has 2 amide bonds. The summed E-state index contributed by atoms with van der Waals surface area (Å²) in [7, 11) is 1.55. The number of amides is 2. The summed E-state index contributed by atoms with van der Waals surface area (Å²) in [4.78, 5) is 28.7. The number of nitrogens with zero attached hydrogens (tertiary/aromatic N) is 1. The SMILES string of the molecule is COc1ccc(Cl)cc1NC(=NC[C@@H]1CCCO1)NC(=O)c1cccc(NC(C)=O)c1. The molecule has 0 radical (unpaired) electrons. The Morgan fingerprint density at radius 2 is 2.06 bits per heavy atom. The van der Waals surface area contributed by atoms with Crippen LogP contribution in [0.4, 0.5) is 11.4 Å². The number of methoxy groups -OCH3 is 1. The van der Waals surface area contributed by atoms with E-state index in [1.165, 1.54) is 6.92 Å². The first-order valence-corrected chi connectivity index (χ1v) is 10.3. The molecule has 1 aliphatic rings. The average molecular weight is 445 g/mol. The number of benzene rings is 2. The molecule has 31 heavy (non-hydrogen) atoms. The van der Waals surface area contributed by atoms with Crippen molar-refractivity contribution in [3.05, 3.63) is 53.1 Å². The van der Waals surface area contributed by atoms with Gasteiger partial charge in [-0.3, -0.25) is 14.9 Å². The van der Waals surface area contributed by atoms with Crippen LogP contribution in [0.15, 0.2) is 47.5 Å². The predicted molar refractivity (Wildman–Crippen MR) is 121 cm³/mol. The monoisotopic (exact) mass is 444 g/mol. The molecule has 3 N–H and O–H groups in total. The van der Waals surface area contributed by atoms with Gasteiger partial charge in [0, 0.05) is 29.8 Å². The van der Waals surface area contributed by atoms with Crippen LogP contribution in [0, 0.1) is 0 Å². The molecule has 0 aliphatic carbocycles. The molecule has 164 valence electrons. The minimum Gasteiger partial charge on any atom is -0.495 e. The highest BCUT2D eigenvalue weighted by atomic mass is 35.5. The molecule has 0 bridgehead atoms. The Kier molecular flexibility index (Phi) is 7.86. The Morgan fingerprint density at radius 3 is 2.77 bits per heavy atom. The van der Waals surface area contributed by atoms with E-state index in [-0.39, 0.29) is 23.9 Å². The third-order valence-electron chi connectivity index (χ3n) is 4.57. The van der Waals surface area contributed by atoms with Crippen LogP contribution < -0.4 is 20.7 Å². The van der Waals surface area contributed by atoms with E-state index in [0.717, 1.165) is 12.8 Å². The second-order valence-corrected chi connectivity index (χ2v) is 7.45. The standard InChI is InChI=1S/C22H25ClN4O4/c1-14(28)25-17-6-3-5-15(11-17)21(29)27-22(24-13-18-7-4-10-31-18)26-19-12-16(23)8-9-20(19)30-2/h3,5-6,8-9,11-12,18H,4,7,10,13H2,1-2H3,(H,25,28)(H2,24,26,27,29)/t18-/m0/s1. The van der Waals surface area contributed by atoms with Gasteiger partial charge in [-0.25, -0.2) is 4.99 Å². The highest BCUT2D eigenvalue weighted by Gasteiger charge is 2.17. The van der Waals surface area contributed by atoms with Crippen molar-refractivity contribution in [3.8, 4) is 5.75 Å². The molecule has 2 aromatic carbocycles. The fourth-order valence-corrected chi connectivity index (χ4v) is 3.29. The van der Waals surface area contributed by atoms with Gasteiger partial charge in [0.2, 0.25) is 11.9 Å². The van der Waals surface area contributed by atoms with E-state index in [1.807, 2.05) is 0 Å². The van der Waals surface area contributed by atoms with Gasteiger partial charge in [0.25, 0.3) is 5.91 Å². The van der Waals surface area contributed by atoms with Gasteiger partial charge in [-0.15, -0.1) is 0 Å². The molecule has 1 heterocycles. The smallest absolute Gasteiger partial charge is 0.258 e. The van der Waals surface area contributed by atoms with Gasteiger partial charge in [-0.05, 0) is 49.2 Å². The Hall–Kier alpha value is -3.10. The second-order valence-electron chi connectivity index (χ2n) is 7.01. The number of guanidine groups is 1. The number of anilines is 2. The van der Waals surface area contributed by atoms with Crippen molar-refractivity contribution >= 4 is 40.7 Å². The zero-order valence-electron chi connectivity index (χ0n) is 17.4. The summed E-state index contributed by atoms with van der Waals surface area (Å²) < 4.78 is 11.0. The Bertz CT molecular complexity index is 974. The number of rotatable bonds is 6. The molecular weight excluding hydrogens is 420 g/mol. The van der Waals surface area contributed by atoms with Gasteiger partial charge >= 0.3 is 0 Å². The van der Waals surface area contributed by atoms with E-state index in [2.05, 4.69) is 20.9 Å². The molecule has 0 spiro atoms. The van der Waals surface area contributed by atoms with Crippen LogP contribution in [-0.2, 0) is 9.53 Å². The number of ether oxygens (including phenoxy) is 2. The van der Waals surface area contributed by atoms with Crippen molar-refractivity contribution in [2.45, 2.75) is 25.9 Å². The molecule has 3 rings (SSSR count). The first kappa shape index (κ1) is 22.6. The van der Waals surface area contributed by atoms with Crippen LogP contribution >= 0.6 is 11.6 Å². The minimum absolute atomic E-state index is 0.0121. The third kappa shape index (κ3) is 6.70. The van der Waals surface area contributed by atoms with Gasteiger partial charge in [0.1, 0.15) is 5.75 Å². The Labute approximate surface area is 186 Å². The van der Waals surface area contributed by atoms with Gasteiger partial charge in [-0.1, -0.05) is 17.7 Å². The van der Waals surface area contributed by atoms with Crippen LogP contribution in [-0.4, -0.2) is 44.1 Å². The van der Waals surface area contributed by atoms with E-state index in [0.29, 0.717) is 40.9 Å². The maximum absolute atomic E-state index is 12.9. The van der Waals surface area contributed by atoms with E-state index in [1.54, 1.807) is 49.6 Å². The molecule has 0 unspecified atom stereocenters. The zero-order valence-corrected chi connectivity index (χ0v) is 18.2.